The van der Waals surface area contributed by atoms with E-state index in [9.17, 15) is 9.59 Å². The summed E-state index contributed by atoms with van der Waals surface area (Å²) in [6, 6.07) is 0. The molecule has 0 bridgehead atoms. The van der Waals surface area contributed by atoms with E-state index in [0.717, 1.165) is 0 Å². The lowest BCUT2D eigenvalue weighted by atomic mass is 9.89. The summed E-state index contributed by atoms with van der Waals surface area (Å²) in [7, 11) is 0. The summed E-state index contributed by atoms with van der Waals surface area (Å²) < 4.78 is 0. The van der Waals surface area contributed by atoms with E-state index in [2.05, 4.69) is 0 Å². The lowest BCUT2D eigenvalue weighted by Gasteiger charge is -2.13. The maximum Gasteiger partial charge on any atom is 0.136 e. The molecule has 2 heteroatoms. The molecule has 2 nitrogen and oxygen atoms in total. The van der Waals surface area contributed by atoms with Crippen LogP contribution in [0.3, 0.4) is 0 Å². The summed E-state index contributed by atoms with van der Waals surface area (Å²) in [5.74, 6) is 0.475. The molecule has 1 fully saturated rings. The van der Waals surface area contributed by atoms with Crippen LogP contribution in [0.1, 0.15) is 26.2 Å². The molecular formula is C7H10O2. The maximum absolute atomic E-state index is 10.8. The zero-order valence-corrected chi connectivity index (χ0v) is 5.52. The molecule has 1 saturated carbocycles. The van der Waals surface area contributed by atoms with E-state index in [4.69, 9.17) is 0 Å². The summed E-state index contributed by atoms with van der Waals surface area (Å²) >= 11 is 0. The first kappa shape index (κ1) is 6.46. The molecule has 1 rings (SSSR count). The molecule has 1 unspecified atom stereocenters. The van der Waals surface area contributed by atoms with Crippen LogP contribution in [0.4, 0.5) is 0 Å². The number of ketones is 2. The van der Waals surface area contributed by atoms with Crippen LogP contribution in [0.15, 0.2) is 0 Å². The summed E-state index contributed by atoms with van der Waals surface area (Å²) in [5, 5.41) is 0. The van der Waals surface area contributed by atoms with Gasteiger partial charge in [-0.25, -0.2) is 0 Å². The minimum atomic E-state index is -0.00810. The molecule has 0 heterocycles. The van der Waals surface area contributed by atoms with Crippen molar-refractivity contribution in [2.24, 2.45) is 5.92 Å². The lowest BCUT2D eigenvalue weighted by Crippen LogP contribution is -2.21. The van der Waals surface area contributed by atoms with Crippen molar-refractivity contribution in [3.8, 4) is 0 Å². The highest BCUT2D eigenvalue weighted by atomic mass is 16.1. The average molecular weight is 126 g/mol. The number of rotatable bonds is 0. The molecule has 0 amide bonds. The molecule has 0 aliphatic heterocycles. The molecule has 0 radical (unpaired) electrons. The highest BCUT2D eigenvalue weighted by Gasteiger charge is 2.22. The van der Waals surface area contributed by atoms with Gasteiger partial charge in [0.2, 0.25) is 0 Å². The lowest BCUT2D eigenvalue weighted by molar-refractivity contribution is -0.132. The Hall–Kier alpha value is -0.660. The van der Waals surface area contributed by atoms with Gasteiger partial charge in [-0.2, -0.15) is 0 Å². The van der Waals surface area contributed by atoms with Crippen molar-refractivity contribution in [2.75, 3.05) is 0 Å². The molecule has 50 valence electrons. The second-order valence-electron chi connectivity index (χ2n) is 2.61. The van der Waals surface area contributed by atoms with Gasteiger partial charge < -0.3 is 0 Å². The van der Waals surface area contributed by atoms with Crippen LogP contribution < -0.4 is 0 Å². The standard InChI is InChI=1S/C7H10O2/c1-5-4-6(8)2-3-7(5)9/h5H,2-4H2,1H3. The van der Waals surface area contributed by atoms with E-state index in [1.165, 1.54) is 0 Å². The Morgan fingerprint density at radius 1 is 1.33 bits per heavy atom. The number of hydrogen-bond acceptors (Lipinski definition) is 2. The van der Waals surface area contributed by atoms with Gasteiger partial charge in [-0.05, 0) is 0 Å². The van der Waals surface area contributed by atoms with Crippen LogP contribution in [-0.4, -0.2) is 11.6 Å². The zero-order valence-electron chi connectivity index (χ0n) is 5.52. The number of hydrogen-bond donors (Lipinski definition) is 0. The van der Waals surface area contributed by atoms with Gasteiger partial charge >= 0.3 is 0 Å². The molecule has 0 aromatic rings. The fourth-order valence-electron chi connectivity index (χ4n) is 1.07. The van der Waals surface area contributed by atoms with Gasteiger partial charge in [0.25, 0.3) is 0 Å². The van der Waals surface area contributed by atoms with E-state index >= 15 is 0 Å². The van der Waals surface area contributed by atoms with E-state index in [1.807, 2.05) is 6.92 Å². The van der Waals surface area contributed by atoms with Gasteiger partial charge in [0.15, 0.2) is 0 Å². The Morgan fingerprint density at radius 2 is 2.00 bits per heavy atom. The Labute approximate surface area is 54.2 Å². The number of Topliss-reactive ketones (excluding diaryl/α,β-unsaturated/α-hetero) is 2. The Balaban J connectivity index is 2.54. The molecule has 0 aromatic heterocycles. The Morgan fingerprint density at radius 3 is 2.44 bits per heavy atom. The third kappa shape index (κ3) is 1.37. The minimum absolute atomic E-state index is 0.00810. The van der Waals surface area contributed by atoms with Crippen molar-refractivity contribution in [3.63, 3.8) is 0 Å². The second kappa shape index (κ2) is 2.29. The molecule has 9 heavy (non-hydrogen) atoms. The first-order valence-electron chi connectivity index (χ1n) is 3.24. The predicted molar refractivity (Wildman–Crippen MR) is 33.0 cm³/mol. The Kier molecular flexibility index (Phi) is 1.65. The van der Waals surface area contributed by atoms with Gasteiger partial charge in [-0.3, -0.25) is 9.59 Å². The Bertz CT molecular complexity index is 149. The van der Waals surface area contributed by atoms with Gasteiger partial charge in [0.05, 0.1) is 0 Å². The summed E-state index contributed by atoms with van der Waals surface area (Å²) in [5.41, 5.74) is 0. The van der Waals surface area contributed by atoms with Gasteiger partial charge in [-0.15, -0.1) is 0 Å². The highest BCUT2D eigenvalue weighted by Crippen LogP contribution is 2.16. The van der Waals surface area contributed by atoms with Crippen LogP contribution in [0.25, 0.3) is 0 Å². The summed E-state index contributed by atoms with van der Waals surface area (Å²) in [6.45, 7) is 1.82. The van der Waals surface area contributed by atoms with Gasteiger partial charge in [-0.1, -0.05) is 6.92 Å². The van der Waals surface area contributed by atoms with Crippen LogP contribution in [-0.2, 0) is 9.59 Å². The molecule has 0 N–H and O–H groups in total. The molecule has 1 atom stereocenters. The molecule has 0 aromatic carbocycles. The van der Waals surface area contributed by atoms with Crippen molar-refractivity contribution in [1.82, 2.24) is 0 Å². The topological polar surface area (TPSA) is 34.1 Å². The monoisotopic (exact) mass is 126 g/mol. The molecule has 0 saturated heterocycles. The molecule has 1 aliphatic rings. The molecular weight excluding hydrogens is 116 g/mol. The highest BCUT2D eigenvalue weighted by molar-refractivity contribution is 5.94. The third-order valence-corrected chi connectivity index (χ3v) is 1.73. The third-order valence-electron chi connectivity index (χ3n) is 1.73. The van der Waals surface area contributed by atoms with Crippen molar-refractivity contribution in [2.45, 2.75) is 26.2 Å². The minimum Gasteiger partial charge on any atom is -0.300 e. The normalized spacial score (nSPS) is 28.8. The van der Waals surface area contributed by atoms with Crippen LogP contribution in [0, 0.1) is 5.92 Å². The first-order valence-corrected chi connectivity index (χ1v) is 3.24. The van der Waals surface area contributed by atoms with Crippen LogP contribution >= 0.6 is 0 Å². The van der Waals surface area contributed by atoms with Gasteiger partial charge in [0.1, 0.15) is 11.6 Å². The molecule has 1 aliphatic carbocycles. The fraction of sp³-hybridized carbons (Fsp3) is 0.714. The maximum atomic E-state index is 10.8. The van der Waals surface area contributed by atoms with E-state index in [0.29, 0.717) is 19.3 Å². The van der Waals surface area contributed by atoms with Crippen molar-refractivity contribution in [1.29, 1.82) is 0 Å². The largest absolute Gasteiger partial charge is 0.300 e. The quantitative estimate of drug-likeness (QED) is 0.484. The van der Waals surface area contributed by atoms with Gasteiger partial charge in [0, 0.05) is 25.2 Å². The van der Waals surface area contributed by atoms with E-state index < -0.39 is 0 Å². The number of carbonyl (C=O) groups excluding carboxylic acids is 2. The SMILES string of the molecule is CC1CC(=O)CCC1=O. The van der Waals surface area contributed by atoms with Crippen LogP contribution in [0.2, 0.25) is 0 Å². The zero-order chi connectivity index (χ0) is 6.85. The first-order chi connectivity index (χ1) is 4.20. The van der Waals surface area contributed by atoms with Crippen molar-refractivity contribution in [3.05, 3.63) is 0 Å². The van der Waals surface area contributed by atoms with E-state index in [-0.39, 0.29) is 17.5 Å². The van der Waals surface area contributed by atoms with E-state index in [1.54, 1.807) is 0 Å². The fourth-order valence-corrected chi connectivity index (χ4v) is 1.07. The van der Waals surface area contributed by atoms with Crippen molar-refractivity contribution >= 4 is 11.6 Å². The second-order valence-corrected chi connectivity index (χ2v) is 2.61. The summed E-state index contributed by atoms with van der Waals surface area (Å²) in [4.78, 5) is 21.5. The number of carbonyl (C=O) groups is 2. The predicted octanol–water partition coefficient (Wildman–Crippen LogP) is 0.945. The van der Waals surface area contributed by atoms with Crippen molar-refractivity contribution < 1.29 is 9.59 Å². The molecule has 0 spiro atoms. The average Bonchev–Trinajstić information content (AvgIpc) is 1.80. The van der Waals surface area contributed by atoms with Crippen LogP contribution in [0.5, 0.6) is 0 Å². The summed E-state index contributed by atoms with van der Waals surface area (Å²) in [6.07, 6.45) is 1.42. The smallest absolute Gasteiger partial charge is 0.136 e.